The second-order valence-electron chi connectivity index (χ2n) is 4.66. The summed E-state index contributed by atoms with van der Waals surface area (Å²) in [7, 11) is 1.53. The van der Waals surface area contributed by atoms with Crippen molar-refractivity contribution in [2.24, 2.45) is 0 Å². The SMILES string of the molecule is COc1ccc(Cl)cc1C(=O)N[C@@H](C)[C@@H]1CCCO1. The molecule has 0 aromatic heterocycles. The van der Waals surface area contributed by atoms with Crippen molar-refractivity contribution in [3.8, 4) is 5.75 Å². The largest absolute Gasteiger partial charge is 0.496 e. The second kappa shape index (κ2) is 6.26. The first-order chi connectivity index (χ1) is 9.11. The number of ether oxygens (including phenoxy) is 2. The van der Waals surface area contributed by atoms with Crippen molar-refractivity contribution < 1.29 is 14.3 Å². The van der Waals surface area contributed by atoms with Gasteiger partial charge in [-0.1, -0.05) is 11.6 Å². The fraction of sp³-hybridized carbons (Fsp3) is 0.500. The highest BCUT2D eigenvalue weighted by Gasteiger charge is 2.25. The summed E-state index contributed by atoms with van der Waals surface area (Å²) in [6.07, 6.45) is 2.12. The number of benzene rings is 1. The zero-order valence-electron chi connectivity index (χ0n) is 11.1. The van der Waals surface area contributed by atoms with Crippen LogP contribution in [0.1, 0.15) is 30.1 Å². The number of hydrogen-bond acceptors (Lipinski definition) is 3. The van der Waals surface area contributed by atoms with Crippen molar-refractivity contribution in [2.75, 3.05) is 13.7 Å². The summed E-state index contributed by atoms with van der Waals surface area (Å²) in [6.45, 7) is 2.72. The van der Waals surface area contributed by atoms with Gasteiger partial charge >= 0.3 is 0 Å². The molecule has 1 heterocycles. The van der Waals surface area contributed by atoms with E-state index in [9.17, 15) is 4.79 Å². The molecular formula is C14H18ClNO3. The number of nitrogens with one attached hydrogen (secondary N) is 1. The van der Waals surface area contributed by atoms with Crippen molar-refractivity contribution in [2.45, 2.75) is 31.9 Å². The minimum atomic E-state index is -0.192. The Hall–Kier alpha value is -1.26. The Balaban J connectivity index is 2.08. The molecule has 1 aliphatic rings. The lowest BCUT2D eigenvalue weighted by Crippen LogP contribution is -2.40. The molecule has 0 spiro atoms. The van der Waals surface area contributed by atoms with Gasteiger partial charge in [0.1, 0.15) is 5.75 Å². The highest BCUT2D eigenvalue weighted by atomic mass is 35.5. The van der Waals surface area contributed by atoms with Crippen LogP contribution < -0.4 is 10.1 Å². The van der Waals surface area contributed by atoms with E-state index in [0.717, 1.165) is 19.4 Å². The number of carbonyl (C=O) groups excluding carboxylic acids is 1. The van der Waals surface area contributed by atoms with E-state index in [0.29, 0.717) is 16.3 Å². The Morgan fingerprint density at radius 2 is 2.37 bits per heavy atom. The first kappa shape index (κ1) is 14.2. The molecule has 0 bridgehead atoms. The number of methoxy groups -OCH3 is 1. The first-order valence-corrected chi connectivity index (χ1v) is 6.75. The number of halogens is 1. The summed E-state index contributed by atoms with van der Waals surface area (Å²) < 4.78 is 10.7. The van der Waals surface area contributed by atoms with Crippen molar-refractivity contribution >= 4 is 17.5 Å². The van der Waals surface area contributed by atoms with E-state index in [1.807, 2.05) is 6.92 Å². The Morgan fingerprint density at radius 3 is 3.00 bits per heavy atom. The third-order valence-corrected chi connectivity index (χ3v) is 3.52. The second-order valence-corrected chi connectivity index (χ2v) is 5.09. The van der Waals surface area contributed by atoms with Crippen LogP contribution in [0.15, 0.2) is 18.2 Å². The maximum atomic E-state index is 12.2. The quantitative estimate of drug-likeness (QED) is 0.924. The molecule has 1 aromatic rings. The molecule has 1 saturated heterocycles. The lowest BCUT2D eigenvalue weighted by atomic mass is 10.1. The molecule has 19 heavy (non-hydrogen) atoms. The average Bonchev–Trinajstić information content (AvgIpc) is 2.92. The topological polar surface area (TPSA) is 47.6 Å². The molecule has 1 aromatic carbocycles. The van der Waals surface area contributed by atoms with Gasteiger partial charge in [-0.3, -0.25) is 4.79 Å². The maximum absolute atomic E-state index is 12.2. The van der Waals surface area contributed by atoms with Gasteiger partial charge in [0, 0.05) is 11.6 Å². The Bertz CT molecular complexity index is 458. The van der Waals surface area contributed by atoms with Crippen LogP contribution in [0.3, 0.4) is 0 Å². The molecule has 2 rings (SSSR count). The molecule has 2 atom stereocenters. The maximum Gasteiger partial charge on any atom is 0.255 e. The van der Waals surface area contributed by atoms with Crippen molar-refractivity contribution in [1.29, 1.82) is 0 Å². The number of carbonyl (C=O) groups is 1. The van der Waals surface area contributed by atoms with Gasteiger partial charge in [-0.05, 0) is 38.0 Å². The van der Waals surface area contributed by atoms with Crippen molar-refractivity contribution in [3.05, 3.63) is 28.8 Å². The highest BCUT2D eigenvalue weighted by Crippen LogP contribution is 2.23. The van der Waals surface area contributed by atoms with E-state index >= 15 is 0 Å². The van der Waals surface area contributed by atoms with Gasteiger partial charge in [0.05, 0.1) is 24.8 Å². The lowest BCUT2D eigenvalue weighted by molar-refractivity contribution is 0.0710. The minimum absolute atomic E-state index is 0.0290. The Labute approximate surface area is 118 Å². The van der Waals surface area contributed by atoms with E-state index in [-0.39, 0.29) is 18.1 Å². The smallest absolute Gasteiger partial charge is 0.255 e. The van der Waals surface area contributed by atoms with Crippen LogP contribution in [-0.2, 0) is 4.74 Å². The zero-order chi connectivity index (χ0) is 13.8. The molecule has 0 saturated carbocycles. The number of hydrogen-bond donors (Lipinski definition) is 1. The van der Waals surface area contributed by atoms with Gasteiger partial charge in [-0.2, -0.15) is 0 Å². The number of rotatable bonds is 4. The summed E-state index contributed by atoms with van der Waals surface area (Å²) in [5, 5.41) is 3.45. The molecule has 0 radical (unpaired) electrons. The normalized spacial score (nSPS) is 20.1. The van der Waals surface area contributed by atoms with Crippen LogP contribution in [0.25, 0.3) is 0 Å². The standard InChI is InChI=1S/C14H18ClNO3/c1-9(12-4-3-7-19-12)16-14(17)11-8-10(15)5-6-13(11)18-2/h5-6,8-9,12H,3-4,7H2,1-2H3,(H,16,17)/t9-,12-/m0/s1. The Morgan fingerprint density at radius 1 is 1.58 bits per heavy atom. The van der Waals surface area contributed by atoms with Crippen LogP contribution in [-0.4, -0.2) is 31.8 Å². The predicted molar refractivity (Wildman–Crippen MR) is 73.9 cm³/mol. The summed E-state index contributed by atoms with van der Waals surface area (Å²) in [6, 6.07) is 4.96. The molecule has 0 aliphatic carbocycles. The van der Waals surface area contributed by atoms with Gasteiger partial charge in [-0.25, -0.2) is 0 Å². The molecular weight excluding hydrogens is 266 g/mol. The molecule has 1 N–H and O–H groups in total. The van der Waals surface area contributed by atoms with Crippen molar-refractivity contribution in [3.63, 3.8) is 0 Å². The Kier molecular flexibility index (Phi) is 4.66. The van der Waals surface area contributed by atoms with Crippen LogP contribution in [0, 0.1) is 0 Å². The minimum Gasteiger partial charge on any atom is -0.496 e. The fourth-order valence-electron chi connectivity index (χ4n) is 2.23. The van der Waals surface area contributed by atoms with Crippen LogP contribution >= 0.6 is 11.6 Å². The summed E-state index contributed by atoms with van der Waals surface area (Å²) >= 11 is 5.92. The lowest BCUT2D eigenvalue weighted by Gasteiger charge is -2.20. The number of amides is 1. The summed E-state index contributed by atoms with van der Waals surface area (Å²) in [4.78, 5) is 12.2. The molecule has 1 amide bonds. The van der Waals surface area contributed by atoms with Crippen LogP contribution in [0.4, 0.5) is 0 Å². The third-order valence-electron chi connectivity index (χ3n) is 3.29. The first-order valence-electron chi connectivity index (χ1n) is 6.38. The fourth-order valence-corrected chi connectivity index (χ4v) is 2.40. The van der Waals surface area contributed by atoms with E-state index in [2.05, 4.69) is 5.32 Å². The highest BCUT2D eigenvalue weighted by molar-refractivity contribution is 6.31. The van der Waals surface area contributed by atoms with Gasteiger partial charge in [0.2, 0.25) is 0 Å². The van der Waals surface area contributed by atoms with E-state index in [4.69, 9.17) is 21.1 Å². The molecule has 5 heteroatoms. The van der Waals surface area contributed by atoms with Crippen molar-refractivity contribution in [1.82, 2.24) is 5.32 Å². The van der Waals surface area contributed by atoms with Crippen LogP contribution in [0.5, 0.6) is 5.75 Å². The predicted octanol–water partition coefficient (Wildman–Crippen LogP) is 2.65. The van der Waals surface area contributed by atoms with Crippen LogP contribution in [0.2, 0.25) is 5.02 Å². The molecule has 104 valence electrons. The average molecular weight is 284 g/mol. The molecule has 0 unspecified atom stereocenters. The third kappa shape index (κ3) is 3.39. The monoisotopic (exact) mass is 283 g/mol. The van der Waals surface area contributed by atoms with Gasteiger partial charge in [0.15, 0.2) is 0 Å². The summed E-state index contributed by atoms with van der Waals surface area (Å²) in [5.41, 5.74) is 0.444. The summed E-state index contributed by atoms with van der Waals surface area (Å²) in [5.74, 6) is 0.323. The van der Waals surface area contributed by atoms with E-state index in [1.165, 1.54) is 7.11 Å². The van der Waals surface area contributed by atoms with E-state index < -0.39 is 0 Å². The zero-order valence-corrected chi connectivity index (χ0v) is 11.9. The van der Waals surface area contributed by atoms with Gasteiger partial charge in [-0.15, -0.1) is 0 Å². The van der Waals surface area contributed by atoms with Gasteiger partial charge < -0.3 is 14.8 Å². The molecule has 4 nitrogen and oxygen atoms in total. The van der Waals surface area contributed by atoms with E-state index in [1.54, 1.807) is 18.2 Å². The van der Waals surface area contributed by atoms with Gasteiger partial charge in [0.25, 0.3) is 5.91 Å². The molecule has 1 fully saturated rings. The molecule has 1 aliphatic heterocycles.